The minimum Gasteiger partial charge on any atom is -0.337 e. The van der Waals surface area contributed by atoms with Gasteiger partial charge >= 0.3 is 0 Å². The van der Waals surface area contributed by atoms with Gasteiger partial charge < -0.3 is 9.84 Å². The van der Waals surface area contributed by atoms with Gasteiger partial charge in [0.2, 0.25) is 11.7 Å². The zero-order valence-corrected chi connectivity index (χ0v) is 13.9. The van der Waals surface area contributed by atoms with Crippen molar-refractivity contribution in [1.29, 1.82) is 0 Å². The van der Waals surface area contributed by atoms with Crippen LogP contribution in [0.4, 0.5) is 0 Å². The number of rotatable bonds is 3. The lowest BCUT2D eigenvalue weighted by Gasteiger charge is -2.30. The molecule has 0 bridgehead atoms. The summed E-state index contributed by atoms with van der Waals surface area (Å²) in [7, 11) is 0. The van der Waals surface area contributed by atoms with E-state index < -0.39 is 0 Å². The van der Waals surface area contributed by atoms with E-state index in [-0.39, 0.29) is 6.04 Å². The van der Waals surface area contributed by atoms with Crippen molar-refractivity contribution >= 4 is 15.9 Å². The number of aromatic nitrogens is 2. The fraction of sp³-hybridized carbons (Fsp3) is 0.467. The zero-order chi connectivity index (χ0) is 14.8. The van der Waals surface area contributed by atoms with Crippen molar-refractivity contribution in [3.05, 3.63) is 34.1 Å². The van der Waals surface area contributed by atoms with Crippen LogP contribution in [0.5, 0.6) is 0 Å². The molecule has 2 aromatic rings. The van der Waals surface area contributed by atoms with Crippen molar-refractivity contribution in [3.63, 3.8) is 0 Å². The molecule has 1 aliphatic rings. The summed E-state index contributed by atoms with van der Waals surface area (Å²) >= 11 is 3.57. The van der Waals surface area contributed by atoms with Crippen molar-refractivity contribution in [2.45, 2.75) is 19.9 Å². The maximum absolute atomic E-state index is 5.48. The van der Waals surface area contributed by atoms with E-state index in [1.54, 1.807) is 0 Å². The number of halogens is 1. The normalized spacial score (nSPS) is 17.9. The van der Waals surface area contributed by atoms with E-state index in [9.17, 15) is 0 Å². The molecule has 0 radical (unpaired) electrons. The summed E-state index contributed by atoms with van der Waals surface area (Å²) in [6.45, 7) is 8.21. The van der Waals surface area contributed by atoms with Crippen molar-refractivity contribution < 1.29 is 4.52 Å². The predicted octanol–water partition coefficient (Wildman–Crippen LogP) is 2.77. The number of aryl methyl sites for hydroxylation is 1. The van der Waals surface area contributed by atoms with Crippen LogP contribution in [0.25, 0.3) is 11.4 Å². The average molecular weight is 351 g/mol. The SMILES string of the molecule is Cc1ccc(-c2noc(C(C)N3CCNCC3)n2)c(Br)c1. The van der Waals surface area contributed by atoms with E-state index in [0.29, 0.717) is 11.7 Å². The fourth-order valence-corrected chi connectivity index (χ4v) is 3.21. The maximum Gasteiger partial charge on any atom is 0.244 e. The second kappa shape index (κ2) is 6.25. The smallest absolute Gasteiger partial charge is 0.244 e. The van der Waals surface area contributed by atoms with E-state index in [2.05, 4.69) is 62.3 Å². The monoisotopic (exact) mass is 350 g/mol. The van der Waals surface area contributed by atoms with Gasteiger partial charge in [0.25, 0.3) is 0 Å². The molecule has 0 amide bonds. The number of nitrogens with one attached hydrogen (secondary N) is 1. The molecule has 2 heterocycles. The van der Waals surface area contributed by atoms with E-state index in [4.69, 9.17) is 4.52 Å². The number of nitrogens with zero attached hydrogens (tertiary/aromatic N) is 3. The first-order valence-electron chi connectivity index (χ1n) is 7.20. The van der Waals surface area contributed by atoms with Crippen LogP contribution in [-0.2, 0) is 0 Å². The highest BCUT2D eigenvalue weighted by Gasteiger charge is 2.23. The van der Waals surface area contributed by atoms with Gasteiger partial charge in [0.1, 0.15) is 0 Å². The third kappa shape index (κ3) is 3.17. The van der Waals surface area contributed by atoms with Gasteiger partial charge in [0.15, 0.2) is 0 Å². The summed E-state index contributed by atoms with van der Waals surface area (Å²) in [6, 6.07) is 6.28. The number of hydrogen-bond donors (Lipinski definition) is 1. The summed E-state index contributed by atoms with van der Waals surface area (Å²) in [5.74, 6) is 1.32. The number of piperazine rings is 1. The van der Waals surface area contributed by atoms with Crippen molar-refractivity contribution in [2.24, 2.45) is 0 Å². The third-order valence-corrected chi connectivity index (χ3v) is 4.52. The minimum absolute atomic E-state index is 0.151. The van der Waals surface area contributed by atoms with Crippen LogP contribution in [0.1, 0.15) is 24.4 Å². The summed E-state index contributed by atoms with van der Waals surface area (Å²) in [5.41, 5.74) is 2.16. The first-order chi connectivity index (χ1) is 10.1. The zero-order valence-electron chi connectivity index (χ0n) is 12.3. The third-order valence-electron chi connectivity index (χ3n) is 3.86. The molecule has 1 N–H and O–H groups in total. The van der Waals surface area contributed by atoms with Crippen LogP contribution in [0.15, 0.2) is 27.2 Å². The van der Waals surface area contributed by atoms with Crippen LogP contribution in [0.2, 0.25) is 0 Å². The molecule has 112 valence electrons. The Labute approximate surface area is 132 Å². The minimum atomic E-state index is 0.151. The molecule has 1 aromatic carbocycles. The average Bonchev–Trinajstić information content (AvgIpc) is 2.97. The Balaban J connectivity index is 1.82. The molecule has 1 saturated heterocycles. The van der Waals surface area contributed by atoms with Gasteiger partial charge in [-0.05, 0) is 31.5 Å². The maximum atomic E-state index is 5.48. The van der Waals surface area contributed by atoms with Crippen LogP contribution in [0.3, 0.4) is 0 Å². The van der Waals surface area contributed by atoms with Crippen LogP contribution in [-0.4, -0.2) is 41.2 Å². The molecular formula is C15H19BrN4O. The fourth-order valence-electron chi connectivity index (χ4n) is 2.54. The molecule has 1 aliphatic heterocycles. The summed E-state index contributed by atoms with van der Waals surface area (Å²) in [4.78, 5) is 6.94. The van der Waals surface area contributed by atoms with Crippen molar-refractivity contribution in [3.8, 4) is 11.4 Å². The molecule has 5 nitrogen and oxygen atoms in total. The molecule has 1 atom stereocenters. The Bertz CT molecular complexity index is 622. The van der Waals surface area contributed by atoms with E-state index in [1.165, 1.54) is 5.56 Å². The molecule has 0 spiro atoms. The Morgan fingerprint density at radius 3 is 2.81 bits per heavy atom. The standard InChI is InChI=1S/C15H19BrN4O/c1-10-3-4-12(13(16)9-10)14-18-15(21-19-14)11(2)20-7-5-17-6-8-20/h3-4,9,11,17H,5-8H2,1-2H3. The van der Waals surface area contributed by atoms with E-state index >= 15 is 0 Å². The van der Waals surface area contributed by atoms with Gasteiger partial charge in [0, 0.05) is 36.2 Å². The molecule has 1 fully saturated rings. The molecule has 1 aromatic heterocycles. The van der Waals surface area contributed by atoms with Gasteiger partial charge in [-0.2, -0.15) is 4.98 Å². The highest BCUT2D eigenvalue weighted by molar-refractivity contribution is 9.10. The van der Waals surface area contributed by atoms with Gasteiger partial charge in [-0.3, -0.25) is 4.90 Å². The molecule has 21 heavy (non-hydrogen) atoms. The molecular weight excluding hydrogens is 332 g/mol. The number of hydrogen-bond acceptors (Lipinski definition) is 5. The lowest BCUT2D eigenvalue weighted by molar-refractivity contribution is 0.154. The van der Waals surface area contributed by atoms with E-state index in [0.717, 1.165) is 36.2 Å². The Kier molecular flexibility index (Phi) is 4.37. The molecule has 3 rings (SSSR count). The summed E-state index contributed by atoms with van der Waals surface area (Å²) in [5, 5.41) is 7.48. The van der Waals surface area contributed by atoms with Gasteiger partial charge in [0.05, 0.1) is 6.04 Å². The van der Waals surface area contributed by atoms with Crippen LogP contribution < -0.4 is 5.32 Å². The highest BCUT2D eigenvalue weighted by Crippen LogP contribution is 2.28. The summed E-state index contributed by atoms with van der Waals surface area (Å²) < 4.78 is 6.47. The lowest BCUT2D eigenvalue weighted by atomic mass is 10.1. The van der Waals surface area contributed by atoms with Crippen LogP contribution in [0, 0.1) is 6.92 Å². The van der Waals surface area contributed by atoms with Gasteiger partial charge in [-0.15, -0.1) is 0 Å². The largest absolute Gasteiger partial charge is 0.337 e. The topological polar surface area (TPSA) is 54.2 Å². The molecule has 0 aliphatic carbocycles. The first-order valence-corrected chi connectivity index (χ1v) is 7.99. The quantitative estimate of drug-likeness (QED) is 0.922. The molecule has 6 heteroatoms. The second-order valence-corrected chi connectivity index (χ2v) is 6.26. The Morgan fingerprint density at radius 1 is 1.33 bits per heavy atom. The van der Waals surface area contributed by atoms with Crippen molar-refractivity contribution in [2.75, 3.05) is 26.2 Å². The lowest BCUT2D eigenvalue weighted by Crippen LogP contribution is -2.44. The molecule has 0 saturated carbocycles. The molecule has 1 unspecified atom stereocenters. The summed E-state index contributed by atoms with van der Waals surface area (Å²) in [6.07, 6.45) is 0. The second-order valence-electron chi connectivity index (χ2n) is 5.40. The highest BCUT2D eigenvalue weighted by atomic mass is 79.9. The Morgan fingerprint density at radius 2 is 2.10 bits per heavy atom. The van der Waals surface area contributed by atoms with Crippen molar-refractivity contribution in [1.82, 2.24) is 20.4 Å². The van der Waals surface area contributed by atoms with E-state index in [1.807, 2.05) is 6.07 Å². The van der Waals surface area contributed by atoms with Gasteiger partial charge in [-0.1, -0.05) is 27.2 Å². The number of benzene rings is 1. The first kappa shape index (κ1) is 14.7. The van der Waals surface area contributed by atoms with Gasteiger partial charge in [-0.25, -0.2) is 0 Å². The predicted molar refractivity (Wildman–Crippen MR) is 85.0 cm³/mol. The van der Waals surface area contributed by atoms with Crippen LogP contribution >= 0.6 is 15.9 Å². The Hall–Kier alpha value is -1.24.